The topological polar surface area (TPSA) is 35.0 Å². The number of hydrogen-bond donors (Lipinski definition) is 0. The van der Waals surface area contributed by atoms with Crippen molar-refractivity contribution in [3.63, 3.8) is 0 Å². The van der Waals surface area contributed by atoms with Crippen LogP contribution in [0.5, 0.6) is 0 Å². The van der Waals surface area contributed by atoms with Crippen LogP contribution >= 0.6 is 0 Å². The van der Waals surface area contributed by atoms with Crippen LogP contribution in [0.3, 0.4) is 0 Å². The molecule has 0 fully saturated rings. The average Bonchev–Trinajstić information content (AvgIpc) is 3.43. The van der Waals surface area contributed by atoms with E-state index in [9.17, 15) is 0 Å². The first kappa shape index (κ1) is 23.9. The van der Waals surface area contributed by atoms with Crippen LogP contribution in [0.4, 0.5) is 17.1 Å². The first-order valence-electron chi connectivity index (χ1n) is 12.7. The summed E-state index contributed by atoms with van der Waals surface area (Å²) in [6.07, 6.45) is 3.66. The van der Waals surface area contributed by atoms with Gasteiger partial charge in [-0.2, -0.15) is 17.6 Å². The minimum atomic E-state index is -0.0920. The minimum absolute atomic E-state index is 0. The molecule has 190 valence electrons. The van der Waals surface area contributed by atoms with Crippen molar-refractivity contribution in [1.29, 1.82) is 0 Å². The van der Waals surface area contributed by atoms with Crippen LogP contribution in [0, 0.1) is 18.8 Å². The summed E-state index contributed by atoms with van der Waals surface area (Å²) in [5, 5.41) is 6.17. The Morgan fingerprint density at radius 2 is 1.38 bits per heavy atom. The largest absolute Gasteiger partial charge is 0.483 e. The Morgan fingerprint density at radius 1 is 0.718 bits per heavy atom. The summed E-state index contributed by atoms with van der Waals surface area (Å²) in [6.45, 7) is 1.87. The van der Waals surface area contributed by atoms with E-state index < -0.39 is 0 Å². The maximum absolute atomic E-state index is 4.62. The minimum Gasteiger partial charge on any atom is -0.483 e. The maximum Gasteiger partial charge on any atom is 0.285 e. The molecule has 0 N–H and O–H groups in total. The van der Waals surface area contributed by atoms with Gasteiger partial charge in [-0.1, -0.05) is 54.1 Å². The molecule has 3 aliphatic rings. The summed E-state index contributed by atoms with van der Waals surface area (Å²) in [5.74, 6) is 0. The van der Waals surface area contributed by atoms with Crippen molar-refractivity contribution in [3.05, 3.63) is 116 Å². The van der Waals surface area contributed by atoms with Gasteiger partial charge in [0.1, 0.15) is 0 Å². The number of rotatable bonds is 2. The van der Waals surface area contributed by atoms with Crippen molar-refractivity contribution in [2.75, 3.05) is 16.8 Å². The smallest absolute Gasteiger partial charge is 0.285 e. The van der Waals surface area contributed by atoms with Gasteiger partial charge in [-0.25, -0.2) is 5.10 Å². The zero-order chi connectivity index (χ0) is 25.2. The Hall–Kier alpha value is -4.17. The van der Waals surface area contributed by atoms with Gasteiger partial charge in [0.05, 0.1) is 6.34 Å². The molecule has 0 spiro atoms. The summed E-state index contributed by atoms with van der Waals surface area (Å²) in [6, 6.07) is 39.7. The van der Waals surface area contributed by atoms with Gasteiger partial charge in [0.15, 0.2) is 0 Å². The molecule has 5 aromatic rings. The van der Waals surface area contributed by atoms with Crippen LogP contribution in [-0.4, -0.2) is 30.2 Å². The summed E-state index contributed by atoms with van der Waals surface area (Å²) in [4.78, 5) is 9.09. The molecule has 8 rings (SSSR count). The van der Waals surface area contributed by atoms with E-state index in [1.165, 1.54) is 33.6 Å². The molecule has 7 heteroatoms. The fraction of sp³-hybridized carbons (Fsp3) is 0.0312. The number of benzene rings is 4. The molecule has 0 aliphatic carbocycles. The quantitative estimate of drug-likeness (QED) is 0.212. The van der Waals surface area contributed by atoms with Crippen molar-refractivity contribution in [2.45, 2.75) is 0 Å². The third kappa shape index (κ3) is 3.65. The van der Waals surface area contributed by atoms with Gasteiger partial charge in [-0.3, -0.25) is 0 Å². The number of hydrazone groups is 1. The molecule has 1 aromatic heterocycles. The number of para-hydroxylation sites is 2. The van der Waals surface area contributed by atoms with E-state index in [0.717, 1.165) is 27.9 Å². The van der Waals surface area contributed by atoms with Gasteiger partial charge in [0.2, 0.25) is 0 Å². The first-order chi connectivity index (χ1) is 18.8. The summed E-state index contributed by atoms with van der Waals surface area (Å²) >= 11 is 0. The second-order valence-corrected chi connectivity index (χ2v) is 9.72. The summed E-state index contributed by atoms with van der Waals surface area (Å²) < 4.78 is 0. The molecule has 3 aliphatic heterocycles. The van der Waals surface area contributed by atoms with Crippen LogP contribution in [0.25, 0.3) is 33.5 Å². The molecule has 0 saturated carbocycles. The number of pyridine rings is 1. The van der Waals surface area contributed by atoms with Crippen LogP contribution in [0.1, 0.15) is 0 Å². The zero-order valence-corrected chi connectivity index (χ0v) is 22.6. The molecular formula is C32H21BN5Pd-3. The second kappa shape index (κ2) is 9.24. The van der Waals surface area contributed by atoms with Gasteiger partial charge in [-0.05, 0) is 36.5 Å². The zero-order valence-electron chi connectivity index (χ0n) is 21.0. The van der Waals surface area contributed by atoms with Crippen molar-refractivity contribution in [2.24, 2.45) is 5.10 Å². The van der Waals surface area contributed by atoms with E-state index in [4.69, 9.17) is 0 Å². The van der Waals surface area contributed by atoms with Crippen LogP contribution in [0.15, 0.2) is 102 Å². The summed E-state index contributed by atoms with van der Waals surface area (Å²) in [7, 11) is 1.93. The predicted octanol–water partition coefficient (Wildman–Crippen LogP) is 5.07. The SMILES string of the molecule is CN1[CH-]N(c2[c-]c3c(cc2)-c2ccccc2N2B3c3[c-]c(-c4ccccn4)ccc3-c3ccccc32)C=N1.[Pd]. The number of anilines is 3. The van der Waals surface area contributed by atoms with Gasteiger partial charge in [0.25, 0.3) is 6.85 Å². The van der Waals surface area contributed by atoms with E-state index in [1.807, 2.05) is 49.4 Å². The first-order valence-corrected chi connectivity index (χ1v) is 12.7. The number of hydrogen-bond acceptors (Lipinski definition) is 5. The summed E-state index contributed by atoms with van der Waals surface area (Å²) in [5.41, 5.74) is 12.3. The fourth-order valence-corrected chi connectivity index (χ4v) is 5.87. The Bertz CT molecular complexity index is 1760. The molecule has 0 amide bonds. The number of aromatic nitrogens is 1. The Balaban J connectivity index is 0.00000253. The third-order valence-electron chi connectivity index (χ3n) is 7.52. The standard InChI is InChI=1S/C32H21BN5.Pd/c1-36-21-37(20-35-36)23-14-16-25-27-9-3-5-12-32(27)38-31-11-4-2-8-26(31)24-15-13-22(30-10-6-7-17-34-30)18-28(24)33(38)29(25)19-23;/h2-17,20-21H,1H3;/q-3;. The molecule has 5 nitrogen and oxygen atoms in total. The Morgan fingerprint density at radius 3 is 2.05 bits per heavy atom. The molecule has 0 saturated heterocycles. The Labute approximate surface area is 242 Å². The predicted molar refractivity (Wildman–Crippen MR) is 155 cm³/mol. The number of fused-ring (bicyclic) bond motifs is 11. The Kier molecular flexibility index (Phi) is 5.66. The van der Waals surface area contributed by atoms with Gasteiger partial charge in [0, 0.05) is 38.0 Å². The van der Waals surface area contributed by atoms with E-state index in [0.29, 0.717) is 0 Å². The van der Waals surface area contributed by atoms with Crippen LogP contribution in [0.2, 0.25) is 0 Å². The van der Waals surface area contributed by atoms with Crippen molar-refractivity contribution >= 4 is 41.2 Å². The monoisotopic (exact) mass is 592 g/mol. The molecule has 0 atom stereocenters. The van der Waals surface area contributed by atoms with Gasteiger partial charge >= 0.3 is 0 Å². The van der Waals surface area contributed by atoms with Crippen molar-refractivity contribution < 1.29 is 20.4 Å². The maximum atomic E-state index is 4.62. The van der Waals surface area contributed by atoms with E-state index >= 15 is 0 Å². The van der Waals surface area contributed by atoms with E-state index in [2.05, 4.69) is 99.8 Å². The fourth-order valence-electron chi connectivity index (χ4n) is 5.87. The third-order valence-corrected chi connectivity index (χ3v) is 7.52. The van der Waals surface area contributed by atoms with Crippen molar-refractivity contribution in [3.8, 4) is 33.5 Å². The van der Waals surface area contributed by atoms with E-state index in [1.54, 1.807) is 5.01 Å². The van der Waals surface area contributed by atoms with Crippen molar-refractivity contribution in [1.82, 2.24) is 9.99 Å². The number of nitrogens with zero attached hydrogens (tertiary/aromatic N) is 5. The van der Waals surface area contributed by atoms with E-state index in [-0.39, 0.29) is 27.3 Å². The molecule has 39 heavy (non-hydrogen) atoms. The van der Waals surface area contributed by atoms with Gasteiger partial charge < -0.3 is 19.7 Å². The normalized spacial score (nSPS) is 14.2. The second-order valence-electron chi connectivity index (χ2n) is 9.72. The molecule has 4 aromatic carbocycles. The molecular weight excluding hydrogens is 572 g/mol. The average molecular weight is 593 g/mol. The van der Waals surface area contributed by atoms with Gasteiger partial charge in [-0.15, -0.1) is 58.8 Å². The molecule has 4 heterocycles. The molecule has 0 radical (unpaired) electrons. The van der Waals surface area contributed by atoms with Crippen LogP contribution in [-0.2, 0) is 20.4 Å². The molecule has 0 bridgehead atoms. The van der Waals surface area contributed by atoms with Crippen LogP contribution < -0.4 is 20.6 Å². The molecule has 0 unspecified atom stereocenters.